The fraction of sp³-hybridized carbons (Fsp3) is 0.727. The van der Waals surface area contributed by atoms with E-state index in [1.54, 1.807) is 7.11 Å². The number of methoxy groups -OCH3 is 1. The van der Waals surface area contributed by atoms with Gasteiger partial charge in [0.15, 0.2) is 23.3 Å². The monoisotopic (exact) mass is 424 g/mol. The fourth-order valence-electron chi connectivity index (χ4n) is 3.21. The summed E-state index contributed by atoms with van der Waals surface area (Å²) in [6.45, 7) is 2.07. The van der Waals surface area contributed by atoms with E-state index in [-0.39, 0.29) is 6.42 Å². The van der Waals surface area contributed by atoms with Crippen molar-refractivity contribution in [2.24, 2.45) is 0 Å². The third-order valence-corrected chi connectivity index (χ3v) is 4.95. The summed E-state index contributed by atoms with van der Waals surface area (Å²) in [7, 11) is 1.66. The molecule has 29 heavy (non-hydrogen) atoms. The molecule has 168 valence electrons. The lowest BCUT2D eigenvalue weighted by atomic mass is 10.0. The van der Waals surface area contributed by atoms with E-state index in [4.69, 9.17) is 9.47 Å². The highest BCUT2D eigenvalue weighted by atomic mass is 19.2. The summed E-state index contributed by atoms with van der Waals surface area (Å²) in [5, 5.41) is 0. The second kappa shape index (κ2) is 15.6. The normalized spacial score (nSPS) is 11.4. The summed E-state index contributed by atoms with van der Waals surface area (Å²) in [6, 6.07) is 0. The summed E-state index contributed by atoms with van der Waals surface area (Å²) in [4.78, 5) is 0. The molecule has 0 fully saturated rings. The molecule has 0 aliphatic carbocycles. The van der Waals surface area contributed by atoms with Crippen LogP contribution in [-0.4, -0.2) is 26.9 Å². The van der Waals surface area contributed by atoms with Crippen LogP contribution in [0.1, 0.15) is 76.2 Å². The molecular formula is C22H33F5O2. The molecule has 0 aromatic heterocycles. The van der Waals surface area contributed by atoms with E-state index in [0.29, 0.717) is 26.1 Å². The van der Waals surface area contributed by atoms with Gasteiger partial charge >= 0.3 is 0 Å². The maximum absolute atomic E-state index is 13.6. The maximum Gasteiger partial charge on any atom is 0.200 e. The van der Waals surface area contributed by atoms with Crippen LogP contribution in [0.5, 0.6) is 0 Å². The van der Waals surface area contributed by atoms with Crippen molar-refractivity contribution < 1.29 is 31.4 Å². The van der Waals surface area contributed by atoms with Crippen molar-refractivity contribution in [1.29, 1.82) is 0 Å². The zero-order valence-electron chi connectivity index (χ0n) is 17.3. The summed E-state index contributed by atoms with van der Waals surface area (Å²) in [6.07, 6.45) is 11.0. The summed E-state index contributed by atoms with van der Waals surface area (Å²) < 4.78 is 76.7. The molecule has 0 radical (unpaired) electrons. The van der Waals surface area contributed by atoms with Gasteiger partial charge in [-0.25, -0.2) is 22.0 Å². The SMILES string of the molecule is COCCOCCCCCCCCCCCCCc1c(F)c(F)c(F)c(F)c1F. The zero-order chi connectivity index (χ0) is 21.5. The molecule has 0 aliphatic heterocycles. The minimum absolute atomic E-state index is 0.138. The molecule has 0 spiro atoms. The topological polar surface area (TPSA) is 18.5 Å². The van der Waals surface area contributed by atoms with Crippen molar-refractivity contribution in [3.05, 3.63) is 34.6 Å². The maximum atomic E-state index is 13.6. The number of hydrogen-bond donors (Lipinski definition) is 0. The first-order chi connectivity index (χ1) is 14.0. The van der Waals surface area contributed by atoms with Crippen LogP contribution >= 0.6 is 0 Å². The summed E-state index contributed by atoms with van der Waals surface area (Å²) >= 11 is 0. The fourth-order valence-corrected chi connectivity index (χ4v) is 3.21. The van der Waals surface area contributed by atoms with Crippen LogP contribution in [0.2, 0.25) is 0 Å². The average Bonchev–Trinajstić information content (AvgIpc) is 2.72. The molecule has 0 aliphatic rings. The standard InChI is InChI=1S/C22H33F5O2/c1-28-15-16-29-14-12-10-8-6-4-2-3-5-7-9-11-13-17-18(23)20(25)22(27)21(26)19(17)24/h2-16H2,1H3. The van der Waals surface area contributed by atoms with Crippen molar-refractivity contribution >= 4 is 0 Å². The zero-order valence-corrected chi connectivity index (χ0v) is 17.3. The number of halogens is 5. The summed E-state index contributed by atoms with van der Waals surface area (Å²) in [5.74, 6) is -9.24. The van der Waals surface area contributed by atoms with Gasteiger partial charge < -0.3 is 9.47 Å². The smallest absolute Gasteiger partial charge is 0.200 e. The van der Waals surface area contributed by atoms with Gasteiger partial charge in [-0.15, -0.1) is 0 Å². The minimum atomic E-state index is -2.10. The molecule has 0 amide bonds. The molecule has 0 saturated heterocycles. The lowest BCUT2D eigenvalue weighted by Gasteiger charge is -2.08. The van der Waals surface area contributed by atoms with Gasteiger partial charge in [-0.05, 0) is 19.3 Å². The van der Waals surface area contributed by atoms with Crippen LogP contribution in [0.4, 0.5) is 22.0 Å². The van der Waals surface area contributed by atoms with Gasteiger partial charge in [0.25, 0.3) is 0 Å². The van der Waals surface area contributed by atoms with Crippen LogP contribution < -0.4 is 0 Å². The predicted molar refractivity (Wildman–Crippen MR) is 103 cm³/mol. The van der Waals surface area contributed by atoms with E-state index in [0.717, 1.165) is 38.7 Å². The number of ether oxygens (including phenoxy) is 2. The molecule has 0 saturated carbocycles. The van der Waals surface area contributed by atoms with Gasteiger partial charge in [0.05, 0.1) is 13.2 Å². The highest BCUT2D eigenvalue weighted by Crippen LogP contribution is 2.24. The van der Waals surface area contributed by atoms with E-state index >= 15 is 0 Å². The lowest BCUT2D eigenvalue weighted by molar-refractivity contribution is 0.0685. The van der Waals surface area contributed by atoms with Gasteiger partial charge in [0, 0.05) is 19.3 Å². The Morgan fingerprint density at radius 2 is 0.897 bits per heavy atom. The molecule has 1 aromatic rings. The van der Waals surface area contributed by atoms with Crippen LogP contribution in [0, 0.1) is 29.1 Å². The van der Waals surface area contributed by atoms with E-state index < -0.39 is 34.6 Å². The molecule has 0 heterocycles. The third kappa shape index (κ3) is 9.90. The van der Waals surface area contributed by atoms with Crippen molar-refractivity contribution in [2.45, 2.75) is 77.0 Å². The number of unbranched alkanes of at least 4 members (excludes halogenated alkanes) is 10. The number of rotatable bonds is 17. The molecule has 1 rings (SSSR count). The Morgan fingerprint density at radius 3 is 1.38 bits per heavy atom. The summed E-state index contributed by atoms with van der Waals surface area (Å²) in [5.41, 5.74) is -0.703. The second-order valence-electron chi connectivity index (χ2n) is 7.29. The van der Waals surface area contributed by atoms with Crippen LogP contribution in [-0.2, 0) is 15.9 Å². The second-order valence-corrected chi connectivity index (χ2v) is 7.29. The van der Waals surface area contributed by atoms with Gasteiger partial charge in [0.2, 0.25) is 5.82 Å². The molecule has 1 aromatic carbocycles. The van der Waals surface area contributed by atoms with Crippen LogP contribution in [0.15, 0.2) is 0 Å². The Kier molecular flexibility index (Phi) is 13.9. The van der Waals surface area contributed by atoms with Crippen LogP contribution in [0.3, 0.4) is 0 Å². The highest BCUT2D eigenvalue weighted by Gasteiger charge is 2.24. The largest absolute Gasteiger partial charge is 0.382 e. The molecule has 0 unspecified atom stereocenters. The van der Waals surface area contributed by atoms with Crippen molar-refractivity contribution in [3.63, 3.8) is 0 Å². The van der Waals surface area contributed by atoms with Gasteiger partial charge in [0.1, 0.15) is 0 Å². The number of hydrogen-bond acceptors (Lipinski definition) is 2. The molecular weight excluding hydrogens is 391 g/mol. The molecule has 7 heteroatoms. The molecule has 0 bridgehead atoms. The quantitative estimate of drug-likeness (QED) is 0.117. The predicted octanol–water partition coefficient (Wildman–Crippen LogP) is 6.88. The molecule has 0 N–H and O–H groups in total. The minimum Gasteiger partial charge on any atom is -0.382 e. The van der Waals surface area contributed by atoms with E-state index in [1.807, 2.05) is 0 Å². The van der Waals surface area contributed by atoms with Gasteiger partial charge in [-0.1, -0.05) is 57.8 Å². The average molecular weight is 424 g/mol. The lowest BCUT2D eigenvalue weighted by Crippen LogP contribution is -2.07. The van der Waals surface area contributed by atoms with Gasteiger partial charge in [-0.3, -0.25) is 0 Å². The van der Waals surface area contributed by atoms with Crippen molar-refractivity contribution in [3.8, 4) is 0 Å². The first-order valence-corrected chi connectivity index (χ1v) is 10.6. The Labute approximate surface area is 170 Å². The van der Waals surface area contributed by atoms with Crippen molar-refractivity contribution in [1.82, 2.24) is 0 Å². The molecule has 2 nitrogen and oxygen atoms in total. The van der Waals surface area contributed by atoms with E-state index in [2.05, 4.69) is 0 Å². The number of benzene rings is 1. The Morgan fingerprint density at radius 1 is 0.483 bits per heavy atom. The van der Waals surface area contributed by atoms with E-state index in [9.17, 15) is 22.0 Å². The van der Waals surface area contributed by atoms with E-state index in [1.165, 1.54) is 25.7 Å². The van der Waals surface area contributed by atoms with Crippen LogP contribution in [0.25, 0.3) is 0 Å². The molecule has 0 atom stereocenters. The Balaban J connectivity index is 1.98. The Bertz CT molecular complexity index is 552. The highest BCUT2D eigenvalue weighted by molar-refractivity contribution is 5.24. The Hall–Kier alpha value is -1.21. The third-order valence-electron chi connectivity index (χ3n) is 4.95. The van der Waals surface area contributed by atoms with Crippen molar-refractivity contribution in [2.75, 3.05) is 26.9 Å². The van der Waals surface area contributed by atoms with Gasteiger partial charge in [-0.2, -0.15) is 0 Å². The first-order valence-electron chi connectivity index (χ1n) is 10.6. The first kappa shape index (κ1) is 25.8.